The Bertz CT molecular complexity index is 252. The van der Waals surface area contributed by atoms with Gasteiger partial charge in [-0.05, 0) is 66.1 Å². The van der Waals surface area contributed by atoms with Gasteiger partial charge in [0.2, 0.25) is 5.91 Å². The zero-order valence-corrected chi connectivity index (χ0v) is 12.4. The molecule has 4 nitrogen and oxygen atoms in total. The minimum Gasteiger partial charge on any atom is -0.355 e. The number of piperidine rings is 1. The first-order chi connectivity index (χ1) is 8.40. The third kappa shape index (κ3) is 6.36. The Morgan fingerprint density at radius 2 is 1.89 bits per heavy atom. The number of carbonyl (C=O) groups excluding carboxylic acids is 1. The van der Waals surface area contributed by atoms with Crippen molar-refractivity contribution in [3.05, 3.63) is 0 Å². The average molecular weight is 255 g/mol. The molecule has 18 heavy (non-hydrogen) atoms. The van der Waals surface area contributed by atoms with Gasteiger partial charge in [-0.25, -0.2) is 0 Å². The number of hydrogen-bond acceptors (Lipinski definition) is 3. The summed E-state index contributed by atoms with van der Waals surface area (Å²) in [6.45, 7) is 13.1. The quantitative estimate of drug-likeness (QED) is 0.776. The third-order valence-electron chi connectivity index (χ3n) is 3.37. The Morgan fingerprint density at radius 3 is 2.39 bits per heavy atom. The van der Waals surface area contributed by atoms with Crippen molar-refractivity contribution in [1.29, 1.82) is 0 Å². The zero-order chi connectivity index (χ0) is 13.6. The number of amides is 1. The monoisotopic (exact) mass is 255 g/mol. The van der Waals surface area contributed by atoms with Crippen LogP contribution in [0, 0.1) is 5.92 Å². The largest absolute Gasteiger partial charge is 0.355 e. The van der Waals surface area contributed by atoms with E-state index in [1.807, 2.05) is 6.92 Å². The fourth-order valence-electron chi connectivity index (χ4n) is 2.26. The van der Waals surface area contributed by atoms with Crippen LogP contribution >= 0.6 is 0 Å². The molecule has 0 aromatic carbocycles. The fraction of sp³-hybridized carbons (Fsp3) is 0.929. The molecule has 1 aliphatic rings. The first-order valence-corrected chi connectivity index (χ1v) is 7.15. The number of hydrogen-bond donors (Lipinski definition) is 2. The topological polar surface area (TPSA) is 44.4 Å². The highest BCUT2D eigenvalue weighted by Crippen LogP contribution is 2.17. The van der Waals surface area contributed by atoms with E-state index < -0.39 is 0 Å². The molecule has 0 atom stereocenters. The second-order valence-electron chi connectivity index (χ2n) is 6.30. The molecule has 1 rings (SSSR count). The summed E-state index contributed by atoms with van der Waals surface area (Å²) in [6, 6.07) is 0. The highest BCUT2D eigenvalue weighted by molar-refractivity contribution is 5.77. The highest BCUT2D eigenvalue weighted by Gasteiger charge is 2.21. The summed E-state index contributed by atoms with van der Waals surface area (Å²) >= 11 is 0. The van der Waals surface area contributed by atoms with E-state index >= 15 is 0 Å². The lowest BCUT2D eigenvalue weighted by molar-refractivity contribution is -0.122. The zero-order valence-electron chi connectivity index (χ0n) is 12.4. The molecule has 0 aromatic heterocycles. The number of rotatable bonds is 5. The molecule has 1 aliphatic heterocycles. The molecule has 106 valence electrons. The summed E-state index contributed by atoms with van der Waals surface area (Å²) in [5.74, 6) is 0.915. The number of nitrogens with one attached hydrogen (secondary N) is 2. The molecule has 0 radical (unpaired) electrons. The Hall–Kier alpha value is -0.610. The predicted molar refractivity (Wildman–Crippen MR) is 75.6 cm³/mol. The van der Waals surface area contributed by atoms with Crippen molar-refractivity contribution in [3.8, 4) is 0 Å². The van der Waals surface area contributed by atoms with Crippen LogP contribution < -0.4 is 10.6 Å². The summed E-state index contributed by atoms with van der Waals surface area (Å²) in [7, 11) is 0. The normalized spacial score (nSPS) is 18.9. The maximum atomic E-state index is 11.5. The first-order valence-electron chi connectivity index (χ1n) is 7.15. The summed E-state index contributed by atoms with van der Waals surface area (Å²) < 4.78 is 0. The second kappa shape index (κ2) is 7.10. The molecule has 1 heterocycles. The Labute approximate surface area is 111 Å². The van der Waals surface area contributed by atoms with Crippen LogP contribution in [0.2, 0.25) is 0 Å². The van der Waals surface area contributed by atoms with Crippen molar-refractivity contribution in [3.63, 3.8) is 0 Å². The van der Waals surface area contributed by atoms with Gasteiger partial charge in [0.1, 0.15) is 0 Å². The van der Waals surface area contributed by atoms with E-state index in [1.165, 1.54) is 12.8 Å². The molecule has 0 spiro atoms. The van der Waals surface area contributed by atoms with E-state index in [9.17, 15) is 4.79 Å². The van der Waals surface area contributed by atoms with Gasteiger partial charge in [-0.1, -0.05) is 0 Å². The minimum atomic E-state index is 0.156. The van der Waals surface area contributed by atoms with Gasteiger partial charge in [-0.2, -0.15) is 0 Å². The minimum absolute atomic E-state index is 0.156. The van der Waals surface area contributed by atoms with E-state index in [4.69, 9.17) is 0 Å². The van der Waals surface area contributed by atoms with Crippen molar-refractivity contribution < 1.29 is 4.79 Å². The van der Waals surface area contributed by atoms with Gasteiger partial charge in [-0.15, -0.1) is 0 Å². The summed E-state index contributed by atoms with van der Waals surface area (Å²) in [5, 5.41) is 6.43. The van der Waals surface area contributed by atoms with Crippen LogP contribution in [-0.2, 0) is 4.79 Å². The summed E-state index contributed by atoms with van der Waals surface area (Å²) in [4.78, 5) is 13.7. The van der Waals surface area contributed by atoms with Crippen molar-refractivity contribution in [2.24, 2.45) is 5.92 Å². The van der Waals surface area contributed by atoms with E-state index in [0.717, 1.165) is 32.1 Å². The second-order valence-corrected chi connectivity index (χ2v) is 6.30. The third-order valence-corrected chi connectivity index (χ3v) is 3.37. The number of likely N-dealkylation sites (tertiary alicyclic amines) is 1. The lowest BCUT2D eigenvalue weighted by Gasteiger charge is -2.33. The molecule has 1 saturated heterocycles. The van der Waals surface area contributed by atoms with E-state index in [2.05, 4.69) is 36.3 Å². The van der Waals surface area contributed by atoms with Crippen LogP contribution in [0.1, 0.15) is 40.5 Å². The van der Waals surface area contributed by atoms with E-state index in [-0.39, 0.29) is 11.4 Å². The van der Waals surface area contributed by atoms with Gasteiger partial charge >= 0.3 is 0 Å². The van der Waals surface area contributed by atoms with Gasteiger partial charge < -0.3 is 10.6 Å². The molecule has 0 unspecified atom stereocenters. The molecular weight excluding hydrogens is 226 g/mol. The van der Waals surface area contributed by atoms with Crippen molar-refractivity contribution in [1.82, 2.24) is 15.5 Å². The smallest absolute Gasteiger partial charge is 0.234 e. The van der Waals surface area contributed by atoms with Crippen LogP contribution in [0.5, 0.6) is 0 Å². The first kappa shape index (κ1) is 15.4. The maximum Gasteiger partial charge on any atom is 0.234 e. The molecule has 1 fully saturated rings. The van der Waals surface area contributed by atoms with Gasteiger partial charge in [-0.3, -0.25) is 9.69 Å². The van der Waals surface area contributed by atoms with Crippen LogP contribution in [0.4, 0.5) is 0 Å². The molecule has 1 amide bonds. The Kier molecular flexibility index (Phi) is 6.09. The number of carbonyl (C=O) groups is 1. The standard InChI is InChI=1S/C14H29N3O/c1-5-15-13(18)11-17-8-6-12(7-9-17)10-16-14(2,3)4/h12,16H,5-11H2,1-4H3,(H,15,18). The SMILES string of the molecule is CCNC(=O)CN1CCC(CNC(C)(C)C)CC1. The van der Waals surface area contributed by atoms with Gasteiger partial charge in [0.15, 0.2) is 0 Å². The van der Waals surface area contributed by atoms with Gasteiger partial charge in [0.25, 0.3) is 0 Å². The molecule has 4 heteroatoms. The van der Waals surface area contributed by atoms with Crippen molar-refractivity contribution >= 4 is 5.91 Å². The average Bonchev–Trinajstić information content (AvgIpc) is 2.27. The van der Waals surface area contributed by atoms with Crippen molar-refractivity contribution in [2.45, 2.75) is 46.1 Å². The Morgan fingerprint density at radius 1 is 1.28 bits per heavy atom. The predicted octanol–water partition coefficient (Wildman–Crippen LogP) is 1.22. The summed E-state index contributed by atoms with van der Waals surface area (Å²) in [6.07, 6.45) is 2.39. The van der Waals surface area contributed by atoms with Gasteiger partial charge in [0.05, 0.1) is 6.54 Å². The molecule has 0 aromatic rings. The van der Waals surface area contributed by atoms with E-state index in [0.29, 0.717) is 6.54 Å². The number of likely N-dealkylation sites (N-methyl/N-ethyl adjacent to an activating group) is 1. The van der Waals surface area contributed by atoms with Gasteiger partial charge in [0, 0.05) is 12.1 Å². The van der Waals surface area contributed by atoms with Crippen LogP contribution in [0.25, 0.3) is 0 Å². The molecule has 0 saturated carbocycles. The maximum absolute atomic E-state index is 11.5. The Balaban J connectivity index is 2.18. The lowest BCUT2D eigenvalue weighted by Crippen LogP contribution is -2.45. The molecule has 2 N–H and O–H groups in total. The number of nitrogens with zero attached hydrogens (tertiary/aromatic N) is 1. The molecule has 0 aliphatic carbocycles. The molecular formula is C14H29N3O. The van der Waals surface area contributed by atoms with E-state index in [1.54, 1.807) is 0 Å². The fourth-order valence-corrected chi connectivity index (χ4v) is 2.26. The van der Waals surface area contributed by atoms with Crippen LogP contribution in [-0.4, -0.2) is 49.1 Å². The van der Waals surface area contributed by atoms with Crippen LogP contribution in [0.15, 0.2) is 0 Å². The van der Waals surface area contributed by atoms with Crippen LogP contribution in [0.3, 0.4) is 0 Å². The highest BCUT2D eigenvalue weighted by atomic mass is 16.2. The lowest BCUT2D eigenvalue weighted by atomic mass is 9.95. The van der Waals surface area contributed by atoms with Crippen molar-refractivity contribution in [2.75, 3.05) is 32.7 Å². The molecule has 0 bridgehead atoms. The summed E-state index contributed by atoms with van der Waals surface area (Å²) in [5.41, 5.74) is 0.206.